The van der Waals surface area contributed by atoms with E-state index in [4.69, 9.17) is 17.3 Å². The van der Waals surface area contributed by atoms with Gasteiger partial charge in [0.05, 0.1) is 0 Å². The lowest BCUT2D eigenvalue weighted by atomic mass is 9.91. The first kappa shape index (κ1) is 12.3. The summed E-state index contributed by atoms with van der Waals surface area (Å²) in [5.41, 5.74) is 5.11. The zero-order valence-electron chi connectivity index (χ0n) is 8.85. The molecule has 4 heteroatoms. The molecule has 88 valence electrons. The number of hydrogen-bond acceptors (Lipinski definition) is 1. The van der Waals surface area contributed by atoms with Crippen LogP contribution in [0.5, 0.6) is 0 Å². The Labute approximate surface area is 108 Å². The largest absolute Gasteiger partial charge is 0.328 e. The van der Waals surface area contributed by atoms with Crippen LogP contribution in [0.4, 0.5) is 4.39 Å². The van der Waals surface area contributed by atoms with Crippen LogP contribution < -0.4 is 5.73 Å². The first-order valence-electron chi connectivity index (χ1n) is 5.38. The van der Waals surface area contributed by atoms with Crippen molar-refractivity contribution < 1.29 is 4.39 Å². The van der Waals surface area contributed by atoms with E-state index in [1.54, 1.807) is 6.07 Å². The van der Waals surface area contributed by atoms with Crippen LogP contribution >= 0.6 is 27.5 Å². The van der Waals surface area contributed by atoms with Crippen LogP contribution in [0, 0.1) is 5.92 Å². The maximum absolute atomic E-state index is 14.5. The minimum Gasteiger partial charge on any atom is -0.328 e. The van der Waals surface area contributed by atoms with E-state index < -0.39 is 5.67 Å². The highest BCUT2D eigenvalue weighted by Crippen LogP contribution is 2.44. The van der Waals surface area contributed by atoms with E-state index in [2.05, 4.69) is 15.9 Å². The molecule has 16 heavy (non-hydrogen) atoms. The number of rotatable bonds is 4. The molecule has 1 aliphatic rings. The molecule has 1 nitrogen and oxygen atoms in total. The molecule has 1 aliphatic carbocycles. The zero-order valence-corrected chi connectivity index (χ0v) is 11.2. The molecule has 1 aromatic carbocycles. The lowest BCUT2D eigenvalue weighted by molar-refractivity contribution is 0.142. The van der Waals surface area contributed by atoms with Gasteiger partial charge in [-0.25, -0.2) is 4.39 Å². The summed E-state index contributed by atoms with van der Waals surface area (Å²) < 4.78 is 15.4. The van der Waals surface area contributed by atoms with E-state index in [9.17, 15) is 4.39 Å². The third-order valence-corrected chi connectivity index (χ3v) is 3.99. The van der Waals surface area contributed by atoms with Crippen molar-refractivity contribution in [2.45, 2.75) is 24.9 Å². The number of hydrogen-bond donors (Lipinski definition) is 1. The zero-order chi connectivity index (χ0) is 11.8. The van der Waals surface area contributed by atoms with Crippen LogP contribution in [0.2, 0.25) is 5.02 Å². The Balaban J connectivity index is 2.18. The Bertz CT molecular complexity index is 395. The van der Waals surface area contributed by atoms with Crippen LogP contribution in [0.1, 0.15) is 18.4 Å². The van der Waals surface area contributed by atoms with Crippen LogP contribution in [-0.2, 0) is 6.42 Å². The van der Waals surface area contributed by atoms with Crippen molar-refractivity contribution in [3.8, 4) is 0 Å². The molecule has 0 heterocycles. The summed E-state index contributed by atoms with van der Waals surface area (Å²) in [5.74, 6) is 0.122. The van der Waals surface area contributed by atoms with Gasteiger partial charge < -0.3 is 5.73 Å². The van der Waals surface area contributed by atoms with E-state index in [1.807, 2.05) is 12.1 Å². The smallest absolute Gasteiger partial charge is 0.130 e. The van der Waals surface area contributed by atoms with E-state index in [0.29, 0.717) is 11.4 Å². The number of alkyl halides is 1. The fourth-order valence-corrected chi connectivity index (χ4v) is 2.71. The average Bonchev–Trinajstić information content (AvgIpc) is 3.06. The second-order valence-corrected chi connectivity index (χ2v) is 5.75. The minimum absolute atomic E-state index is 0.0735. The van der Waals surface area contributed by atoms with Gasteiger partial charge in [-0.3, -0.25) is 0 Å². The molecule has 0 radical (unpaired) electrons. The van der Waals surface area contributed by atoms with Gasteiger partial charge in [0.15, 0.2) is 0 Å². The highest BCUT2D eigenvalue weighted by Gasteiger charge is 2.44. The van der Waals surface area contributed by atoms with E-state index >= 15 is 0 Å². The van der Waals surface area contributed by atoms with Gasteiger partial charge in [0.1, 0.15) is 5.67 Å². The molecule has 0 aliphatic heterocycles. The van der Waals surface area contributed by atoms with Crippen molar-refractivity contribution in [2.24, 2.45) is 11.7 Å². The van der Waals surface area contributed by atoms with Gasteiger partial charge in [-0.2, -0.15) is 0 Å². The third-order valence-electron chi connectivity index (χ3n) is 3.15. The summed E-state index contributed by atoms with van der Waals surface area (Å²) in [5, 5.41) is 0.602. The summed E-state index contributed by atoms with van der Waals surface area (Å²) >= 11 is 9.41. The van der Waals surface area contributed by atoms with Crippen molar-refractivity contribution in [1.29, 1.82) is 0 Å². The molecule has 0 spiro atoms. The average molecular weight is 307 g/mol. The first-order valence-corrected chi connectivity index (χ1v) is 6.55. The highest BCUT2D eigenvalue weighted by atomic mass is 79.9. The molecule has 0 aromatic heterocycles. The number of benzene rings is 1. The van der Waals surface area contributed by atoms with Gasteiger partial charge in [0.2, 0.25) is 0 Å². The Morgan fingerprint density at radius 1 is 1.50 bits per heavy atom. The van der Waals surface area contributed by atoms with Crippen molar-refractivity contribution in [1.82, 2.24) is 0 Å². The van der Waals surface area contributed by atoms with E-state index in [1.165, 1.54) is 0 Å². The Morgan fingerprint density at radius 2 is 2.19 bits per heavy atom. The number of halogens is 3. The molecule has 2 N–H and O–H groups in total. The summed E-state index contributed by atoms with van der Waals surface area (Å²) in [4.78, 5) is 0. The Morgan fingerprint density at radius 3 is 2.69 bits per heavy atom. The molecule has 0 bridgehead atoms. The molecule has 1 fully saturated rings. The van der Waals surface area contributed by atoms with Crippen LogP contribution in [-0.4, -0.2) is 12.2 Å². The molecule has 0 saturated heterocycles. The molecule has 2 rings (SSSR count). The fourth-order valence-electron chi connectivity index (χ4n) is 1.97. The van der Waals surface area contributed by atoms with E-state index in [-0.39, 0.29) is 12.5 Å². The summed E-state index contributed by atoms with van der Waals surface area (Å²) in [7, 11) is 0. The summed E-state index contributed by atoms with van der Waals surface area (Å²) in [6.07, 6.45) is 2.21. The molecule has 0 amide bonds. The quantitative estimate of drug-likeness (QED) is 0.901. The standard InChI is InChI=1S/C12H14BrClFN/c13-10-4-1-8(11(14)5-10)6-12(15,7-16)9-2-3-9/h1,4-5,9H,2-3,6-7,16H2. The van der Waals surface area contributed by atoms with Crippen molar-refractivity contribution in [2.75, 3.05) is 6.54 Å². The van der Waals surface area contributed by atoms with Gasteiger partial charge in [0.25, 0.3) is 0 Å². The van der Waals surface area contributed by atoms with Crippen molar-refractivity contribution in [3.63, 3.8) is 0 Å². The summed E-state index contributed by atoms with van der Waals surface area (Å²) in [6, 6.07) is 5.53. The van der Waals surface area contributed by atoms with Crippen molar-refractivity contribution >= 4 is 27.5 Å². The minimum atomic E-state index is -1.28. The molecule has 1 atom stereocenters. The number of nitrogens with two attached hydrogens (primary N) is 1. The first-order chi connectivity index (χ1) is 7.55. The molecule has 1 aromatic rings. The van der Waals surface area contributed by atoms with Crippen LogP contribution in [0.15, 0.2) is 22.7 Å². The third kappa shape index (κ3) is 2.58. The maximum atomic E-state index is 14.5. The maximum Gasteiger partial charge on any atom is 0.130 e. The second-order valence-electron chi connectivity index (χ2n) is 4.43. The van der Waals surface area contributed by atoms with Gasteiger partial charge in [-0.15, -0.1) is 0 Å². The van der Waals surface area contributed by atoms with Gasteiger partial charge in [-0.05, 0) is 36.5 Å². The monoisotopic (exact) mass is 305 g/mol. The molecular formula is C12H14BrClFN. The second kappa shape index (κ2) is 4.63. The SMILES string of the molecule is NCC(F)(Cc1ccc(Br)cc1Cl)C1CC1. The molecule has 1 unspecified atom stereocenters. The van der Waals surface area contributed by atoms with Gasteiger partial charge in [-0.1, -0.05) is 33.6 Å². The Kier molecular flexibility index (Phi) is 3.57. The fraction of sp³-hybridized carbons (Fsp3) is 0.500. The lowest BCUT2D eigenvalue weighted by Gasteiger charge is -2.24. The normalized spacial score (nSPS) is 19.5. The van der Waals surface area contributed by atoms with Gasteiger partial charge in [0, 0.05) is 22.5 Å². The Hall–Kier alpha value is -0.120. The molecular weight excluding hydrogens is 292 g/mol. The van der Waals surface area contributed by atoms with Crippen molar-refractivity contribution in [3.05, 3.63) is 33.3 Å². The summed E-state index contributed by atoms with van der Waals surface area (Å²) in [6.45, 7) is 0.0735. The topological polar surface area (TPSA) is 26.0 Å². The predicted molar refractivity (Wildman–Crippen MR) is 68.5 cm³/mol. The van der Waals surface area contributed by atoms with Gasteiger partial charge >= 0.3 is 0 Å². The lowest BCUT2D eigenvalue weighted by Crippen LogP contribution is -2.37. The highest BCUT2D eigenvalue weighted by molar-refractivity contribution is 9.10. The van der Waals surface area contributed by atoms with Crippen LogP contribution in [0.3, 0.4) is 0 Å². The van der Waals surface area contributed by atoms with Crippen LogP contribution in [0.25, 0.3) is 0 Å². The van der Waals surface area contributed by atoms with E-state index in [0.717, 1.165) is 22.9 Å². The predicted octanol–water partition coefficient (Wildman–Crippen LogP) is 3.72. The molecule has 1 saturated carbocycles.